The molecule has 0 bridgehead atoms. The van der Waals surface area contributed by atoms with Crippen molar-refractivity contribution >= 4 is 20.4 Å². The number of benzene rings is 1. The largest absolute Gasteiger partial charge is 0.457 e. The lowest BCUT2D eigenvalue weighted by Crippen LogP contribution is -2.45. The zero-order valence-electron chi connectivity index (χ0n) is 19.8. The molecule has 0 spiro atoms. The van der Waals surface area contributed by atoms with E-state index in [9.17, 15) is 4.79 Å². The number of esters is 1. The summed E-state index contributed by atoms with van der Waals surface area (Å²) in [4.78, 5) is 12.0. The van der Waals surface area contributed by atoms with Crippen molar-refractivity contribution < 1.29 is 14.0 Å². The third-order valence-electron chi connectivity index (χ3n) is 5.26. The minimum absolute atomic E-state index is 0.00883. The van der Waals surface area contributed by atoms with Crippen molar-refractivity contribution in [1.29, 1.82) is 0 Å². The molecule has 0 N–H and O–H groups in total. The summed E-state index contributed by atoms with van der Waals surface area (Å²) in [6.07, 6.45) is 8.44. The van der Waals surface area contributed by atoms with Crippen LogP contribution < -0.4 is 0 Å². The summed E-state index contributed by atoms with van der Waals surface area (Å²) in [5.74, 6) is -0.0938. The van der Waals surface area contributed by atoms with Crippen LogP contribution in [-0.4, -0.2) is 26.0 Å². The second kappa shape index (κ2) is 10.4. The third kappa shape index (κ3) is 9.59. The lowest BCUT2D eigenvalue weighted by molar-refractivity contribution is -0.148. The Morgan fingerprint density at radius 1 is 1.07 bits per heavy atom. The standard InChI is InChI=1S/C25H40O3Si/c1-20(18-19-21-14-11-10-12-15-21)22(28-29(8,9)25(5,6)7)16-13-17-23(26)27-24(2,3)4/h10-15,17-20,22H,16H2,1-9H3/b17-13+,19-18+/t20-,22+/m1/s1. The van der Waals surface area contributed by atoms with Gasteiger partial charge < -0.3 is 9.16 Å². The van der Waals surface area contributed by atoms with Crippen LogP contribution >= 0.6 is 0 Å². The van der Waals surface area contributed by atoms with E-state index in [4.69, 9.17) is 9.16 Å². The molecule has 0 aliphatic heterocycles. The van der Waals surface area contributed by atoms with E-state index in [1.54, 1.807) is 0 Å². The second-order valence-corrected chi connectivity index (χ2v) is 15.0. The van der Waals surface area contributed by atoms with E-state index in [0.29, 0.717) is 6.42 Å². The normalized spacial score (nSPS) is 15.6. The van der Waals surface area contributed by atoms with Crippen LogP contribution in [0.1, 0.15) is 60.5 Å². The molecule has 0 aliphatic carbocycles. The highest BCUT2D eigenvalue weighted by molar-refractivity contribution is 6.74. The van der Waals surface area contributed by atoms with Crippen LogP contribution in [0.25, 0.3) is 6.08 Å². The lowest BCUT2D eigenvalue weighted by atomic mass is 10.00. The second-order valence-electron chi connectivity index (χ2n) is 10.2. The Bertz CT molecular complexity index is 691. The molecule has 0 unspecified atom stereocenters. The monoisotopic (exact) mass is 416 g/mol. The van der Waals surface area contributed by atoms with Crippen molar-refractivity contribution in [2.24, 2.45) is 5.92 Å². The van der Waals surface area contributed by atoms with Crippen molar-refractivity contribution in [2.75, 3.05) is 0 Å². The van der Waals surface area contributed by atoms with Gasteiger partial charge >= 0.3 is 5.97 Å². The molecule has 4 heteroatoms. The molecule has 0 fully saturated rings. The molecule has 0 aliphatic rings. The van der Waals surface area contributed by atoms with E-state index in [-0.39, 0.29) is 23.0 Å². The van der Waals surface area contributed by atoms with Crippen LogP contribution in [-0.2, 0) is 14.0 Å². The van der Waals surface area contributed by atoms with Crippen LogP contribution in [0.2, 0.25) is 18.1 Å². The first-order valence-corrected chi connectivity index (χ1v) is 13.4. The van der Waals surface area contributed by atoms with E-state index >= 15 is 0 Å². The van der Waals surface area contributed by atoms with Gasteiger partial charge in [-0.15, -0.1) is 0 Å². The molecule has 0 amide bonds. The number of hydrogen-bond donors (Lipinski definition) is 0. The van der Waals surface area contributed by atoms with E-state index in [2.05, 4.69) is 65.1 Å². The Kier molecular flexibility index (Phi) is 9.10. The van der Waals surface area contributed by atoms with Crippen LogP contribution in [0.4, 0.5) is 0 Å². The number of carbonyl (C=O) groups is 1. The zero-order chi connectivity index (χ0) is 22.3. The number of carbonyl (C=O) groups excluding carboxylic acids is 1. The van der Waals surface area contributed by atoms with Gasteiger partial charge in [-0.25, -0.2) is 4.79 Å². The summed E-state index contributed by atoms with van der Waals surface area (Å²) < 4.78 is 12.1. The summed E-state index contributed by atoms with van der Waals surface area (Å²) in [6, 6.07) is 10.3. The molecule has 2 atom stereocenters. The van der Waals surface area contributed by atoms with Gasteiger partial charge in [0.05, 0.1) is 6.10 Å². The highest BCUT2D eigenvalue weighted by Crippen LogP contribution is 2.38. The van der Waals surface area contributed by atoms with E-state index in [0.717, 1.165) is 0 Å². The SMILES string of the molecule is C[C@H](/C=C/c1ccccc1)[C@H](C/C=C/C(=O)OC(C)(C)C)O[Si](C)(C)C(C)(C)C. The van der Waals surface area contributed by atoms with E-state index in [1.807, 2.05) is 45.0 Å². The van der Waals surface area contributed by atoms with Crippen molar-refractivity contribution in [2.45, 2.75) is 84.7 Å². The van der Waals surface area contributed by atoms with Gasteiger partial charge in [0, 0.05) is 6.08 Å². The van der Waals surface area contributed by atoms with Crippen molar-refractivity contribution in [3.8, 4) is 0 Å². The van der Waals surface area contributed by atoms with Crippen molar-refractivity contribution in [3.63, 3.8) is 0 Å². The fourth-order valence-corrected chi connectivity index (χ4v) is 3.93. The van der Waals surface area contributed by atoms with Gasteiger partial charge in [0.2, 0.25) is 0 Å². The Balaban J connectivity index is 2.93. The van der Waals surface area contributed by atoms with Gasteiger partial charge in [-0.2, -0.15) is 0 Å². The molecule has 1 aromatic rings. The molecule has 0 saturated heterocycles. The molecule has 0 aromatic heterocycles. The predicted octanol–water partition coefficient (Wildman–Crippen LogP) is 7.01. The Morgan fingerprint density at radius 3 is 2.17 bits per heavy atom. The fraction of sp³-hybridized carbons (Fsp3) is 0.560. The van der Waals surface area contributed by atoms with Crippen LogP contribution in [0.15, 0.2) is 48.6 Å². The van der Waals surface area contributed by atoms with Crippen molar-refractivity contribution in [3.05, 3.63) is 54.1 Å². The van der Waals surface area contributed by atoms with E-state index in [1.165, 1.54) is 11.6 Å². The highest BCUT2D eigenvalue weighted by atomic mass is 28.4. The Labute approximate surface area is 179 Å². The van der Waals surface area contributed by atoms with Crippen LogP contribution in [0, 0.1) is 5.92 Å². The van der Waals surface area contributed by atoms with E-state index < -0.39 is 13.9 Å². The molecule has 162 valence electrons. The summed E-state index contributed by atoms with van der Waals surface area (Å²) in [5, 5.41) is 0.128. The number of hydrogen-bond acceptors (Lipinski definition) is 3. The molecular formula is C25H40O3Si. The highest BCUT2D eigenvalue weighted by Gasteiger charge is 2.39. The summed E-state index contributed by atoms with van der Waals surface area (Å²) in [7, 11) is -1.94. The Morgan fingerprint density at radius 2 is 1.66 bits per heavy atom. The maximum atomic E-state index is 12.0. The first-order chi connectivity index (χ1) is 13.2. The summed E-state index contributed by atoms with van der Waals surface area (Å²) in [5.41, 5.74) is 0.694. The zero-order valence-corrected chi connectivity index (χ0v) is 20.8. The van der Waals surface area contributed by atoms with Gasteiger partial charge in [-0.05, 0) is 56.8 Å². The molecule has 29 heavy (non-hydrogen) atoms. The summed E-state index contributed by atoms with van der Waals surface area (Å²) in [6.45, 7) is 19.1. The molecule has 0 saturated carbocycles. The van der Waals surface area contributed by atoms with Gasteiger partial charge in [0.25, 0.3) is 0 Å². The third-order valence-corrected chi connectivity index (χ3v) is 9.76. The topological polar surface area (TPSA) is 35.5 Å². The van der Waals surface area contributed by atoms with Gasteiger partial charge in [0.15, 0.2) is 8.32 Å². The average molecular weight is 417 g/mol. The molecular weight excluding hydrogens is 376 g/mol. The number of rotatable bonds is 8. The van der Waals surface area contributed by atoms with Crippen molar-refractivity contribution in [1.82, 2.24) is 0 Å². The van der Waals surface area contributed by atoms with Gasteiger partial charge in [0.1, 0.15) is 5.60 Å². The van der Waals surface area contributed by atoms with Crippen LogP contribution in [0.5, 0.6) is 0 Å². The lowest BCUT2D eigenvalue weighted by Gasteiger charge is -2.40. The first kappa shape index (κ1) is 25.4. The summed E-state index contributed by atoms with van der Waals surface area (Å²) >= 11 is 0. The smallest absolute Gasteiger partial charge is 0.330 e. The molecule has 1 aromatic carbocycles. The maximum absolute atomic E-state index is 12.0. The minimum Gasteiger partial charge on any atom is -0.457 e. The molecule has 0 radical (unpaired) electrons. The quantitative estimate of drug-likeness (QED) is 0.260. The predicted molar refractivity (Wildman–Crippen MR) is 126 cm³/mol. The average Bonchev–Trinajstić information content (AvgIpc) is 2.57. The van der Waals surface area contributed by atoms with Gasteiger partial charge in [-0.1, -0.05) is 76.3 Å². The Hall–Kier alpha value is -1.65. The molecule has 1 rings (SSSR count). The maximum Gasteiger partial charge on any atom is 0.330 e. The van der Waals surface area contributed by atoms with Crippen LogP contribution in [0.3, 0.4) is 0 Å². The fourth-order valence-electron chi connectivity index (χ4n) is 2.51. The minimum atomic E-state index is -1.94. The number of ether oxygens (including phenoxy) is 1. The molecule has 0 heterocycles. The molecule has 3 nitrogen and oxygen atoms in total. The first-order valence-electron chi connectivity index (χ1n) is 10.5. The van der Waals surface area contributed by atoms with Gasteiger partial charge in [-0.3, -0.25) is 0 Å².